The second-order valence-electron chi connectivity index (χ2n) is 6.41. The molecule has 0 radical (unpaired) electrons. The predicted octanol–water partition coefficient (Wildman–Crippen LogP) is 4.44. The monoisotopic (exact) mass is 479 g/mol. The molecule has 2 N–H and O–H groups in total. The van der Waals surface area contributed by atoms with E-state index in [9.17, 15) is 9.59 Å². The Balaban J connectivity index is 2.12. The number of benzene rings is 2. The highest BCUT2D eigenvalue weighted by atomic mass is 127. The van der Waals surface area contributed by atoms with E-state index in [4.69, 9.17) is 0 Å². The third-order valence-corrected chi connectivity index (χ3v) is 5.71. The van der Waals surface area contributed by atoms with Gasteiger partial charge in [0.1, 0.15) is 0 Å². The van der Waals surface area contributed by atoms with Crippen molar-refractivity contribution in [1.29, 1.82) is 0 Å². The maximum absolute atomic E-state index is 12.6. The molecule has 0 aliphatic rings. The van der Waals surface area contributed by atoms with Gasteiger partial charge >= 0.3 is 0 Å². The number of likely N-dealkylation sites (N-methyl/N-ethyl adjacent to an activating group) is 1. The van der Waals surface area contributed by atoms with Crippen LogP contribution in [0, 0.1) is 17.4 Å². The number of nitrogens with zero attached hydrogens (tertiary/aromatic N) is 1. The average molecular weight is 479 g/mol. The van der Waals surface area contributed by atoms with Gasteiger partial charge in [-0.25, -0.2) is 0 Å². The van der Waals surface area contributed by atoms with E-state index in [0.717, 1.165) is 27.8 Å². The number of hydrogen-bond acceptors (Lipinski definition) is 3. The highest BCUT2D eigenvalue weighted by Crippen LogP contribution is 2.24. The quantitative estimate of drug-likeness (QED) is 0.578. The Kier molecular flexibility index (Phi) is 7.79. The van der Waals surface area contributed by atoms with E-state index in [1.54, 1.807) is 0 Å². The van der Waals surface area contributed by atoms with Crippen molar-refractivity contribution in [3.8, 4) is 0 Å². The van der Waals surface area contributed by atoms with Crippen molar-refractivity contribution in [2.24, 2.45) is 0 Å². The zero-order chi connectivity index (χ0) is 20.0. The van der Waals surface area contributed by atoms with Gasteiger partial charge in [0.15, 0.2) is 0 Å². The highest BCUT2D eigenvalue weighted by Gasteiger charge is 2.13. The molecule has 0 aliphatic heterocycles. The molecular weight excluding hydrogens is 453 g/mol. The SMILES string of the molecule is CCN(CC)CC(=O)Nc1cccc(NC(=O)c2ccc(C)c(I)c2)c1C. The van der Waals surface area contributed by atoms with Crippen LogP contribution in [0.1, 0.15) is 35.3 Å². The lowest BCUT2D eigenvalue weighted by Crippen LogP contribution is -2.33. The summed E-state index contributed by atoms with van der Waals surface area (Å²) in [6, 6.07) is 11.1. The molecule has 2 rings (SSSR count). The first-order valence-corrected chi connectivity index (χ1v) is 10.1. The molecule has 0 atom stereocenters. The number of carbonyl (C=O) groups excluding carboxylic acids is 2. The first kappa shape index (κ1) is 21.4. The van der Waals surface area contributed by atoms with Crippen molar-refractivity contribution in [2.75, 3.05) is 30.3 Å². The van der Waals surface area contributed by atoms with Gasteiger partial charge in [-0.1, -0.05) is 26.0 Å². The summed E-state index contributed by atoms with van der Waals surface area (Å²) in [6.45, 7) is 9.97. The van der Waals surface area contributed by atoms with Gasteiger partial charge in [0.05, 0.1) is 6.54 Å². The molecule has 0 unspecified atom stereocenters. The Hall–Kier alpha value is -1.93. The summed E-state index contributed by atoms with van der Waals surface area (Å²) < 4.78 is 1.05. The van der Waals surface area contributed by atoms with Crippen molar-refractivity contribution in [3.05, 3.63) is 56.7 Å². The molecule has 6 heteroatoms. The summed E-state index contributed by atoms with van der Waals surface area (Å²) in [5.41, 5.74) is 3.99. The Morgan fingerprint density at radius 2 is 1.63 bits per heavy atom. The zero-order valence-electron chi connectivity index (χ0n) is 16.2. The molecule has 144 valence electrons. The summed E-state index contributed by atoms with van der Waals surface area (Å²) in [7, 11) is 0. The molecule has 0 heterocycles. The molecule has 0 bridgehead atoms. The minimum Gasteiger partial charge on any atom is -0.325 e. The molecule has 2 aromatic rings. The molecule has 2 amide bonds. The van der Waals surface area contributed by atoms with E-state index in [-0.39, 0.29) is 11.8 Å². The second kappa shape index (κ2) is 9.85. The summed E-state index contributed by atoms with van der Waals surface area (Å²) in [4.78, 5) is 26.9. The van der Waals surface area contributed by atoms with Gasteiger partial charge in [0, 0.05) is 20.5 Å². The minimum absolute atomic E-state index is 0.0571. The number of aryl methyl sites for hydroxylation is 1. The standard InChI is InChI=1S/C21H26IN3O2/c1-5-25(6-2)13-20(26)23-18-8-7-9-19(15(18)4)24-21(27)16-11-10-14(3)17(22)12-16/h7-12H,5-6,13H2,1-4H3,(H,23,26)(H,24,27). The topological polar surface area (TPSA) is 61.4 Å². The van der Waals surface area contributed by atoms with E-state index < -0.39 is 0 Å². The predicted molar refractivity (Wildman–Crippen MR) is 119 cm³/mol. The van der Waals surface area contributed by atoms with Crippen LogP contribution in [0.2, 0.25) is 0 Å². The smallest absolute Gasteiger partial charge is 0.255 e. The number of rotatable bonds is 7. The maximum Gasteiger partial charge on any atom is 0.255 e. The summed E-state index contributed by atoms with van der Waals surface area (Å²) >= 11 is 2.22. The number of carbonyl (C=O) groups is 2. The largest absolute Gasteiger partial charge is 0.325 e. The van der Waals surface area contributed by atoms with Crippen molar-refractivity contribution < 1.29 is 9.59 Å². The van der Waals surface area contributed by atoms with Crippen LogP contribution in [0.15, 0.2) is 36.4 Å². The number of anilines is 2. The van der Waals surface area contributed by atoms with Crippen molar-refractivity contribution in [1.82, 2.24) is 4.90 Å². The minimum atomic E-state index is -0.164. The van der Waals surface area contributed by atoms with E-state index in [2.05, 4.69) is 38.1 Å². The molecule has 0 fully saturated rings. The summed E-state index contributed by atoms with van der Waals surface area (Å²) in [5.74, 6) is -0.221. The number of hydrogen-bond donors (Lipinski definition) is 2. The first-order valence-electron chi connectivity index (χ1n) is 9.05. The number of amides is 2. The zero-order valence-corrected chi connectivity index (χ0v) is 18.4. The average Bonchev–Trinajstić information content (AvgIpc) is 2.65. The summed E-state index contributed by atoms with van der Waals surface area (Å²) in [5, 5.41) is 5.89. The third kappa shape index (κ3) is 5.77. The lowest BCUT2D eigenvalue weighted by Gasteiger charge is -2.18. The van der Waals surface area contributed by atoms with Crippen molar-refractivity contribution in [2.45, 2.75) is 27.7 Å². The van der Waals surface area contributed by atoms with E-state index >= 15 is 0 Å². The Labute approximate surface area is 174 Å². The molecule has 5 nitrogen and oxygen atoms in total. The molecule has 0 saturated heterocycles. The van der Waals surface area contributed by atoms with Crippen LogP contribution in [-0.2, 0) is 4.79 Å². The summed E-state index contributed by atoms with van der Waals surface area (Å²) in [6.07, 6.45) is 0. The third-order valence-electron chi connectivity index (χ3n) is 4.55. The van der Waals surface area contributed by atoms with Crippen molar-refractivity contribution >= 4 is 45.8 Å². The molecule has 0 spiro atoms. The molecule has 0 aliphatic carbocycles. The fourth-order valence-corrected chi connectivity index (χ4v) is 3.19. The van der Waals surface area contributed by atoms with Crippen molar-refractivity contribution in [3.63, 3.8) is 0 Å². The van der Waals surface area contributed by atoms with E-state index in [1.165, 1.54) is 0 Å². The lowest BCUT2D eigenvalue weighted by molar-refractivity contribution is -0.117. The van der Waals surface area contributed by atoms with Gasteiger partial charge in [0.2, 0.25) is 5.91 Å². The van der Waals surface area contributed by atoms with Gasteiger partial charge in [-0.2, -0.15) is 0 Å². The molecular formula is C21H26IN3O2. The first-order chi connectivity index (χ1) is 12.8. The van der Waals surface area contributed by atoms with Gasteiger partial charge < -0.3 is 10.6 Å². The second-order valence-corrected chi connectivity index (χ2v) is 7.57. The van der Waals surface area contributed by atoms with Gasteiger partial charge in [-0.15, -0.1) is 0 Å². The van der Waals surface area contributed by atoms with E-state index in [1.807, 2.05) is 64.1 Å². The normalized spacial score (nSPS) is 10.7. The molecule has 27 heavy (non-hydrogen) atoms. The Bertz CT molecular complexity index is 832. The van der Waals surface area contributed by atoms with Crippen LogP contribution < -0.4 is 10.6 Å². The molecule has 0 saturated carbocycles. The fraction of sp³-hybridized carbons (Fsp3) is 0.333. The van der Waals surface area contributed by atoms with Crippen LogP contribution in [0.4, 0.5) is 11.4 Å². The Morgan fingerprint density at radius 1 is 1.00 bits per heavy atom. The van der Waals surface area contributed by atoms with Crippen LogP contribution in [0.25, 0.3) is 0 Å². The Morgan fingerprint density at radius 3 is 2.22 bits per heavy atom. The van der Waals surface area contributed by atoms with Crippen LogP contribution in [-0.4, -0.2) is 36.3 Å². The van der Waals surface area contributed by atoms with E-state index in [0.29, 0.717) is 23.5 Å². The number of halogens is 1. The molecule has 2 aromatic carbocycles. The van der Waals surface area contributed by atoms with Gasteiger partial charge in [0.25, 0.3) is 5.91 Å². The van der Waals surface area contributed by atoms with Crippen LogP contribution in [0.5, 0.6) is 0 Å². The number of nitrogens with one attached hydrogen (secondary N) is 2. The lowest BCUT2D eigenvalue weighted by atomic mass is 10.1. The van der Waals surface area contributed by atoms with Crippen LogP contribution in [0.3, 0.4) is 0 Å². The van der Waals surface area contributed by atoms with Gasteiger partial charge in [-0.3, -0.25) is 14.5 Å². The van der Waals surface area contributed by atoms with Gasteiger partial charge in [-0.05, 0) is 84.9 Å². The fourth-order valence-electron chi connectivity index (χ4n) is 2.68. The molecule has 0 aromatic heterocycles. The highest BCUT2D eigenvalue weighted by molar-refractivity contribution is 14.1. The maximum atomic E-state index is 12.6. The van der Waals surface area contributed by atoms with Crippen LogP contribution >= 0.6 is 22.6 Å².